The lowest BCUT2D eigenvalue weighted by atomic mass is 10.3. The summed E-state index contributed by atoms with van der Waals surface area (Å²) >= 11 is 10.0. The van der Waals surface area contributed by atoms with Crippen LogP contribution in [0.15, 0.2) is 10.2 Å². The van der Waals surface area contributed by atoms with Gasteiger partial charge in [0.15, 0.2) is 10.2 Å². The Balaban J connectivity index is 4.16. The third-order valence-corrected chi connectivity index (χ3v) is 2.78. The maximum atomic E-state index is 5.10. The molecule has 7 nitrogen and oxygen atoms in total. The average Bonchev–Trinajstić information content (AvgIpc) is 2.41. The molecule has 0 aromatic carbocycles. The predicted molar refractivity (Wildman–Crippen MR) is 93.3 cm³/mol. The number of hydrogen-bond donors (Lipinski definition) is 4. The normalized spacial score (nSPS) is 12.1. The number of hydrogen-bond acceptors (Lipinski definition) is 5. The molecule has 0 atom stereocenters. The third kappa shape index (κ3) is 9.59. The topological polar surface area (TPSA) is 76.1 Å². The predicted octanol–water partition coefficient (Wildman–Crippen LogP) is -0.142. The summed E-state index contributed by atoms with van der Waals surface area (Å²) in [5.74, 6) is 0. The van der Waals surface area contributed by atoms with E-state index >= 15 is 0 Å². The molecule has 0 unspecified atom stereocenters. The zero-order chi connectivity index (χ0) is 15.5. The van der Waals surface area contributed by atoms with Gasteiger partial charge >= 0.3 is 0 Å². The van der Waals surface area contributed by atoms with Gasteiger partial charge in [0, 0.05) is 20.1 Å². The van der Waals surface area contributed by atoms with Crippen molar-refractivity contribution in [2.75, 3.05) is 34.2 Å². The molecule has 0 rings (SSSR count). The fraction of sp³-hybridized carbons (Fsp3) is 0.636. The van der Waals surface area contributed by atoms with Crippen molar-refractivity contribution >= 4 is 46.1 Å². The molecule has 4 N–H and O–H groups in total. The molecule has 0 saturated carbocycles. The van der Waals surface area contributed by atoms with E-state index in [0.717, 1.165) is 13.1 Å². The number of hydrazone groups is 2. The van der Waals surface area contributed by atoms with E-state index in [2.05, 4.69) is 36.6 Å². The van der Waals surface area contributed by atoms with Crippen LogP contribution in [0.4, 0.5) is 0 Å². The molecule has 0 aliphatic heterocycles. The quantitative estimate of drug-likeness (QED) is 0.309. The molecule has 20 heavy (non-hydrogen) atoms. The maximum Gasteiger partial charge on any atom is 0.187 e. The van der Waals surface area contributed by atoms with Crippen LogP contribution in [0.2, 0.25) is 0 Å². The molecular formula is C11H23N7S2. The fourth-order valence-electron chi connectivity index (χ4n) is 0.920. The van der Waals surface area contributed by atoms with Crippen LogP contribution in [0.3, 0.4) is 0 Å². The molecule has 0 saturated heterocycles. The minimum Gasteiger partial charge on any atom is -0.364 e. The van der Waals surface area contributed by atoms with Gasteiger partial charge in [0.05, 0.1) is 11.4 Å². The van der Waals surface area contributed by atoms with Crippen LogP contribution in [0.5, 0.6) is 0 Å². The van der Waals surface area contributed by atoms with Gasteiger partial charge in [-0.05, 0) is 52.4 Å². The molecule has 0 aliphatic rings. The van der Waals surface area contributed by atoms with Gasteiger partial charge in [-0.25, -0.2) is 0 Å². The maximum absolute atomic E-state index is 5.10. The van der Waals surface area contributed by atoms with Crippen LogP contribution in [0.1, 0.15) is 13.8 Å². The van der Waals surface area contributed by atoms with Gasteiger partial charge in [-0.3, -0.25) is 10.9 Å². The van der Waals surface area contributed by atoms with E-state index < -0.39 is 0 Å². The number of likely N-dealkylation sites (N-methyl/N-ethyl adjacent to an activating group) is 1. The Morgan fingerprint density at radius 2 is 1.50 bits per heavy atom. The summed E-state index contributed by atoms with van der Waals surface area (Å²) in [6.07, 6.45) is 0. The highest BCUT2D eigenvalue weighted by atomic mass is 32.1. The molecule has 114 valence electrons. The van der Waals surface area contributed by atoms with E-state index in [-0.39, 0.29) is 0 Å². The number of nitrogens with zero attached hydrogens (tertiary/aromatic N) is 3. The SMILES string of the molecule is CNC(=S)N/N=C(C)/C(C)=N/NC(=S)NCCN(C)C. The minimum atomic E-state index is 0.450. The van der Waals surface area contributed by atoms with Crippen molar-refractivity contribution in [2.45, 2.75) is 13.8 Å². The lowest BCUT2D eigenvalue weighted by Gasteiger charge is -2.11. The van der Waals surface area contributed by atoms with Crippen LogP contribution >= 0.6 is 24.4 Å². The van der Waals surface area contributed by atoms with Crippen molar-refractivity contribution in [1.82, 2.24) is 26.4 Å². The Kier molecular flexibility index (Phi) is 9.77. The molecule has 0 aliphatic carbocycles. The molecule has 0 spiro atoms. The van der Waals surface area contributed by atoms with Crippen molar-refractivity contribution < 1.29 is 0 Å². The highest BCUT2D eigenvalue weighted by Crippen LogP contribution is 1.82. The molecular weight excluding hydrogens is 294 g/mol. The van der Waals surface area contributed by atoms with Crippen molar-refractivity contribution in [1.29, 1.82) is 0 Å². The van der Waals surface area contributed by atoms with Gasteiger partial charge in [0.1, 0.15) is 0 Å². The summed E-state index contributed by atoms with van der Waals surface area (Å²) in [4.78, 5) is 2.07. The zero-order valence-electron chi connectivity index (χ0n) is 12.6. The van der Waals surface area contributed by atoms with Gasteiger partial charge in [-0.1, -0.05) is 0 Å². The van der Waals surface area contributed by atoms with Crippen LogP contribution in [-0.2, 0) is 0 Å². The highest BCUT2D eigenvalue weighted by molar-refractivity contribution is 7.80. The Labute approximate surface area is 131 Å². The molecule has 0 aromatic heterocycles. The first-order valence-corrected chi connectivity index (χ1v) is 6.93. The Hall–Kier alpha value is -1.32. The first-order valence-electron chi connectivity index (χ1n) is 6.12. The fourth-order valence-corrected chi connectivity index (χ4v) is 1.11. The van der Waals surface area contributed by atoms with E-state index in [9.17, 15) is 0 Å². The van der Waals surface area contributed by atoms with Gasteiger partial charge in [-0.2, -0.15) is 10.2 Å². The van der Waals surface area contributed by atoms with E-state index in [1.54, 1.807) is 7.05 Å². The van der Waals surface area contributed by atoms with Gasteiger partial charge < -0.3 is 15.5 Å². The van der Waals surface area contributed by atoms with Crippen LogP contribution < -0.4 is 21.5 Å². The molecule has 0 heterocycles. The second-order valence-electron chi connectivity index (χ2n) is 4.26. The molecule has 9 heteroatoms. The lowest BCUT2D eigenvalue weighted by molar-refractivity contribution is 0.412. The Morgan fingerprint density at radius 3 is 1.95 bits per heavy atom. The number of thiocarbonyl (C=S) groups is 2. The second kappa shape index (κ2) is 10.5. The van der Waals surface area contributed by atoms with Gasteiger partial charge in [0.25, 0.3) is 0 Å². The molecule has 0 aromatic rings. The summed E-state index contributed by atoms with van der Waals surface area (Å²) in [6, 6.07) is 0. The van der Waals surface area contributed by atoms with E-state index in [1.807, 2.05) is 27.9 Å². The first-order chi connectivity index (χ1) is 9.36. The van der Waals surface area contributed by atoms with Crippen LogP contribution in [-0.4, -0.2) is 60.8 Å². The largest absolute Gasteiger partial charge is 0.364 e. The summed E-state index contributed by atoms with van der Waals surface area (Å²) in [5.41, 5.74) is 6.89. The summed E-state index contributed by atoms with van der Waals surface area (Å²) < 4.78 is 0. The number of nitrogens with one attached hydrogen (secondary N) is 4. The first kappa shape index (κ1) is 18.7. The van der Waals surface area contributed by atoms with Crippen LogP contribution in [0.25, 0.3) is 0 Å². The molecule has 0 fully saturated rings. The Bertz CT molecular complexity index is 390. The number of rotatable bonds is 6. The molecule has 0 amide bonds. The van der Waals surface area contributed by atoms with Gasteiger partial charge in [-0.15, -0.1) is 0 Å². The smallest absolute Gasteiger partial charge is 0.187 e. The summed E-state index contributed by atoms with van der Waals surface area (Å²) in [5, 5.41) is 15.0. The second-order valence-corrected chi connectivity index (χ2v) is 5.07. The monoisotopic (exact) mass is 317 g/mol. The average molecular weight is 317 g/mol. The van der Waals surface area contributed by atoms with Gasteiger partial charge in [0.2, 0.25) is 0 Å². The zero-order valence-corrected chi connectivity index (χ0v) is 14.2. The summed E-state index contributed by atoms with van der Waals surface area (Å²) in [6.45, 7) is 5.32. The lowest BCUT2D eigenvalue weighted by Crippen LogP contribution is -2.37. The van der Waals surface area contributed by atoms with Crippen molar-refractivity contribution in [3.05, 3.63) is 0 Å². The molecule has 0 bridgehead atoms. The minimum absolute atomic E-state index is 0.450. The van der Waals surface area contributed by atoms with Crippen LogP contribution in [0, 0.1) is 0 Å². The highest BCUT2D eigenvalue weighted by Gasteiger charge is 1.99. The Morgan fingerprint density at radius 1 is 1.00 bits per heavy atom. The van der Waals surface area contributed by atoms with Crippen molar-refractivity contribution in [2.24, 2.45) is 10.2 Å². The van der Waals surface area contributed by atoms with Crippen molar-refractivity contribution in [3.8, 4) is 0 Å². The standard InChI is InChI=1S/C11H23N7S2/c1-8(14-16-10(19)12-3)9(2)15-17-11(20)13-6-7-18(4)5/h6-7H2,1-5H3,(H2,12,16,19)(H2,13,17,20)/b14-8+,15-9+. The van der Waals surface area contributed by atoms with E-state index in [4.69, 9.17) is 24.4 Å². The third-order valence-electron chi connectivity index (χ3n) is 2.25. The van der Waals surface area contributed by atoms with E-state index in [1.165, 1.54) is 0 Å². The van der Waals surface area contributed by atoms with E-state index in [0.29, 0.717) is 21.6 Å². The van der Waals surface area contributed by atoms with Crippen molar-refractivity contribution in [3.63, 3.8) is 0 Å². The summed E-state index contributed by atoms with van der Waals surface area (Å²) in [7, 11) is 5.73. The molecule has 0 radical (unpaired) electrons.